The Balaban J connectivity index is 1.78. The third-order valence-corrected chi connectivity index (χ3v) is 7.28. The number of aromatic nitrogens is 3. The Kier molecular flexibility index (Phi) is 5.83. The molecule has 176 valence electrons. The quantitative estimate of drug-likeness (QED) is 0.439. The predicted octanol–water partition coefficient (Wildman–Crippen LogP) is 3.33. The predicted molar refractivity (Wildman–Crippen MR) is 132 cm³/mol. The minimum absolute atomic E-state index is 0.189. The van der Waals surface area contributed by atoms with Crippen molar-refractivity contribution < 1.29 is 9.63 Å². The minimum atomic E-state index is -0.454. The summed E-state index contributed by atoms with van der Waals surface area (Å²) in [5.41, 5.74) is 1.38. The van der Waals surface area contributed by atoms with Crippen LogP contribution in [0.2, 0.25) is 0 Å². The second-order valence-electron chi connectivity index (χ2n) is 8.99. The molecule has 3 aromatic heterocycles. The van der Waals surface area contributed by atoms with Gasteiger partial charge >= 0.3 is 5.69 Å². The molecule has 0 spiro atoms. The van der Waals surface area contributed by atoms with Crippen LogP contribution >= 0.6 is 11.3 Å². The molecule has 1 fully saturated rings. The summed E-state index contributed by atoms with van der Waals surface area (Å²) >= 11 is 1.35. The van der Waals surface area contributed by atoms with Gasteiger partial charge in [-0.15, -0.1) is 11.3 Å². The number of amides is 1. The van der Waals surface area contributed by atoms with E-state index in [2.05, 4.69) is 4.98 Å². The molecule has 9 heteroatoms. The normalized spacial score (nSPS) is 14.1. The van der Waals surface area contributed by atoms with E-state index in [-0.39, 0.29) is 17.5 Å². The number of thiophene rings is 1. The zero-order chi connectivity index (χ0) is 24.0. The van der Waals surface area contributed by atoms with E-state index in [1.165, 1.54) is 23.4 Å². The van der Waals surface area contributed by atoms with Gasteiger partial charge in [0.25, 0.3) is 11.5 Å². The van der Waals surface area contributed by atoms with E-state index in [1.807, 2.05) is 44.2 Å². The average molecular weight is 479 g/mol. The highest BCUT2D eigenvalue weighted by molar-refractivity contribution is 7.19. The fraction of sp³-hybridized carbons (Fsp3) is 0.360. The molecule has 5 rings (SSSR count). The number of carbonyl (C=O) groups excluding carboxylic acids is 1. The molecule has 1 aliphatic heterocycles. The van der Waals surface area contributed by atoms with Gasteiger partial charge in [-0.25, -0.2) is 9.86 Å². The number of fused-ring (bicyclic) bond motifs is 2. The molecule has 1 aliphatic rings. The molecule has 0 bridgehead atoms. The maximum Gasteiger partial charge on any atom is 0.331 e. The molecule has 0 unspecified atom stereocenters. The topological polar surface area (TPSA) is 86.4 Å². The number of hydrogen-bond acceptors (Lipinski definition) is 6. The first-order chi connectivity index (χ1) is 16.4. The largest absolute Gasteiger partial charge is 0.331 e. The standard InChI is InChI=1S/C25H26N4O4S/c1-15(2)14-28-24-21(22(30)27(3)25(28)32)20(23(31)29-11-6-12-33-29)19(34-24)13-16-7-4-9-18-17(16)8-5-10-26-18/h4-5,7-10,15H,6,11-14H2,1-3H3. The Morgan fingerprint density at radius 1 is 1.21 bits per heavy atom. The lowest BCUT2D eigenvalue weighted by atomic mass is 10.0. The highest BCUT2D eigenvalue weighted by Gasteiger charge is 2.30. The molecule has 0 radical (unpaired) electrons. The number of hydrogen-bond donors (Lipinski definition) is 0. The van der Waals surface area contributed by atoms with Crippen LogP contribution in [0.5, 0.6) is 0 Å². The maximum atomic E-state index is 13.6. The van der Waals surface area contributed by atoms with Gasteiger partial charge < -0.3 is 0 Å². The van der Waals surface area contributed by atoms with Gasteiger partial charge in [-0.3, -0.25) is 28.5 Å². The summed E-state index contributed by atoms with van der Waals surface area (Å²) in [6.45, 7) is 5.43. The summed E-state index contributed by atoms with van der Waals surface area (Å²) in [6.07, 6.45) is 2.93. The van der Waals surface area contributed by atoms with Crippen LogP contribution in [0.3, 0.4) is 0 Å². The van der Waals surface area contributed by atoms with Gasteiger partial charge in [-0.1, -0.05) is 32.0 Å². The lowest BCUT2D eigenvalue weighted by Gasteiger charge is -2.15. The summed E-state index contributed by atoms with van der Waals surface area (Å²) in [4.78, 5) is 51.3. The number of carbonyl (C=O) groups is 1. The zero-order valence-corrected chi connectivity index (χ0v) is 20.2. The van der Waals surface area contributed by atoms with E-state index in [0.717, 1.165) is 32.3 Å². The molecular weight excluding hydrogens is 452 g/mol. The first kappa shape index (κ1) is 22.5. The Hall–Kier alpha value is -3.30. The van der Waals surface area contributed by atoms with Crippen molar-refractivity contribution >= 4 is 38.4 Å². The Labute approximate surface area is 200 Å². The summed E-state index contributed by atoms with van der Waals surface area (Å²) in [7, 11) is 1.47. The third kappa shape index (κ3) is 3.74. The smallest absolute Gasteiger partial charge is 0.284 e. The van der Waals surface area contributed by atoms with Gasteiger partial charge in [0.1, 0.15) is 4.83 Å². The Bertz CT molecular complexity index is 1520. The molecule has 0 atom stereocenters. The zero-order valence-electron chi connectivity index (χ0n) is 19.4. The lowest BCUT2D eigenvalue weighted by molar-refractivity contribution is -0.0767. The molecule has 34 heavy (non-hydrogen) atoms. The van der Waals surface area contributed by atoms with Gasteiger partial charge in [-0.2, -0.15) is 0 Å². The maximum absolute atomic E-state index is 13.6. The number of benzene rings is 1. The molecule has 0 aliphatic carbocycles. The minimum Gasteiger partial charge on any atom is -0.284 e. The molecule has 8 nitrogen and oxygen atoms in total. The van der Waals surface area contributed by atoms with Crippen LogP contribution in [0, 0.1) is 5.92 Å². The lowest BCUT2D eigenvalue weighted by Crippen LogP contribution is -2.39. The van der Waals surface area contributed by atoms with Crippen molar-refractivity contribution in [2.45, 2.75) is 33.2 Å². The van der Waals surface area contributed by atoms with Crippen molar-refractivity contribution in [3.63, 3.8) is 0 Å². The van der Waals surface area contributed by atoms with Crippen LogP contribution in [0.25, 0.3) is 21.1 Å². The fourth-order valence-corrected chi connectivity index (χ4v) is 5.79. The first-order valence-electron chi connectivity index (χ1n) is 11.4. The van der Waals surface area contributed by atoms with Crippen LogP contribution in [-0.2, 0) is 24.9 Å². The van der Waals surface area contributed by atoms with Crippen LogP contribution < -0.4 is 11.2 Å². The van der Waals surface area contributed by atoms with E-state index in [9.17, 15) is 14.4 Å². The highest BCUT2D eigenvalue weighted by atomic mass is 32.1. The second kappa shape index (κ2) is 8.81. The van der Waals surface area contributed by atoms with Gasteiger partial charge in [0.2, 0.25) is 0 Å². The summed E-state index contributed by atoms with van der Waals surface area (Å²) in [5.74, 6) is -0.141. The first-order valence-corrected chi connectivity index (χ1v) is 12.2. The summed E-state index contributed by atoms with van der Waals surface area (Å²) < 4.78 is 2.73. The van der Waals surface area contributed by atoms with Gasteiger partial charge in [-0.05, 0) is 30.0 Å². The second-order valence-corrected chi connectivity index (χ2v) is 10.1. The molecule has 4 heterocycles. The number of nitrogens with zero attached hydrogens (tertiary/aromatic N) is 4. The number of pyridine rings is 1. The average Bonchev–Trinajstić information content (AvgIpc) is 3.49. The van der Waals surface area contributed by atoms with E-state index in [1.54, 1.807) is 10.8 Å². The molecule has 1 saturated heterocycles. The Morgan fingerprint density at radius 2 is 2.03 bits per heavy atom. The molecule has 4 aromatic rings. The van der Waals surface area contributed by atoms with Crippen molar-refractivity contribution in [1.82, 2.24) is 19.2 Å². The van der Waals surface area contributed by atoms with Gasteiger partial charge in [0.05, 0.1) is 29.6 Å². The van der Waals surface area contributed by atoms with E-state index >= 15 is 0 Å². The molecule has 0 saturated carbocycles. The van der Waals surface area contributed by atoms with Crippen LogP contribution in [0.15, 0.2) is 46.1 Å². The summed E-state index contributed by atoms with van der Waals surface area (Å²) in [6, 6.07) is 9.79. The van der Waals surface area contributed by atoms with Crippen molar-refractivity contribution in [3.8, 4) is 0 Å². The van der Waals surface area contributed by atoms with Crippen molar-refractivity contribution in [2.75, 3.05) is 13.2 Å². The summed E-state index contributed by atoms with van der Waals surface area (Å²) in [5, 5.41) is 2.62. The van der Waals surface area contributed by atoms with Crippen LogP contribution in [-0.4, -0.2) is 38.2 Å². The van der Waals surface area contributed by atoms with Crippen molar-refractivity contribution in [1.29, 1.82) is 0 Å². The number of hydroxylamine groups is 2. The highest BCUT2D eigenvalue weighted by Crippen LogP contribution is 2.33. The SMILES string of the molecule is CC(C)Cn1c(=O)n(C)c(=O)c2c(C(=O)N3CCCO3)c(Cc3cccc4ncccc34)sc21. The third-order valence-electron chi connectivity index (χ3n) is 6.07. The van der Waals surface area contributed by atoms with E-state index < -0.39 is 5.56 Å². The molecule has 1 aromatic carbocycles. The molecule has 1 amide bonds. The van der Waals surface area contributed by atoms with Gasteiger partial charge in [0, 0.05) is 36.5 Å². The van der Waals surface area contributed by atoms with Crippen LogP contribution in [0.4, 0.5) is 0 Å². The monoisotopic (exact) mass is 478 g/mol. The number of rotatable bonds is 5. The van der Waals surface area contributed by atoms with E-state index in [0.29, 0.717) is 41.9 Å². The van der Waals surface area contributed by atoms with Crippen molar-refractivity contribution in [2.24, 2.45) is 13.0 Å². The fourth-order valence-electron chi connectivity index (χ4n) is 4.48. The molecular formula is C25H26N4O4S. The molecule has 0 N–H and O–H groups in total. The van der Waals surface area contributed by atoms with E-state index in [4.69, 9.17) is 4.84 Å². The van der Waals surface area contributed by atoms with Gasteiger partial charge in [0.15, 0.2) is 0 Å². The van der Waals surface area contributed by atoms with Crippen LogP contribution in [0.1, 0.15) is 41.1 Å². The Morgan fingerprint density at radius 3 is 2.76 bits per heavy atom. The van der Waals surface area contributed by atoms with Crippen molar-refractivity contribution in [3.05, 3.63) is 73.4 Å².